The second-order valence-corrected chi connectivity index (χ2v) is 8.25. The van der Waals surface area contributed by atoms with Gasteiger partial charge < -0.3 is 14.4 Å². The Labute approximate surface area is 150 Å². The third-order valence-corrected chi connectivity index (χ3v) is 6.38. The van der Waals surface area contributed by atoms with E-state index in [1.165, 1.54) is 12.8 Å². The van der Waals surface area contributed by atoms with Gasteiger partial charge in [-0.1, -0.05) is 13.8 Å². The molecule has 25 heavy (non-hydrogen) atoms. The highest BCUT2D eigenvalue weighted by Gasteiger charge is 2.53. The Morgan fingerprint density at radius 2 is 2.08 bits per heavy atom. The van der Waals surface area contributed by atoms with Crippen molar-refractivity contribution in [3.8, 4) is 0 Å². The molecular weight excluding hydrogens is 316 g/mol. The van der Waals surface area contributed by atoms with Gasteiger partial charge in [-0.3, -0.25) is 9.69 Å². The molecule has 1 aromatic rings. The summed E-state index contributed by atoms with van der Waals surface area (Å²) in [6.45, 7) is 8.35. The Hall–Kier alpha value is -1.33. The van der Waals surface area contributed by atoms with Crippen LogP contribution in [0.4, 0.5) is 0 Å². The van der Waals surface area contributed by atoms with Crippen molar-refractivity contribution in [2.75, 3.05) is 26.2 Å². The Balaban J connectivity index is 1.49. The number of β-amino-alcohol motifs (C(OH)–C–C–N with tert-alkyl or cyclic N) is 1. The first-order valence-electron chi connectivity index (χ1n) is 9.87. The van der Waals surface area contributed by atoms with Gasteiger partial charge in [0.25, 0.3) is 5.91 Å². The number of nitrogens with zero attached hydrogens (tertiary/aromatic N) is 2. The number of hydrogen-bond donors (Lipinski definition) is 1. The van der Waals surface area contributed by atoms with Crippen molar-refractivity contribution in [3.63, 3.8) is 0 Å². The van der Waals surface area contributed by atoms with Gasteiger partial charge in [-0.2, -0.15) is 0 Å². The van der Waals surface area contributed by atoms with Gasteiger partial charge in [0.2, 0.25) is 0 Å². The fourth-order valence-corrected chi connectivity index (χ4v) is 4.63. The third kappa shape index (κ3) is 3.13. The van der Waals surface area contributed by atoms with E-state index in [-0.39, 0.29) is 11.8 Å². The van der Waals surface area contributed by atoms with Crippen LogP contribution in [0.15, 0.2) is 10.5 Å². The molecule has 1 N–H and O–H groups in total. The zero-order valence-electron chi connectivity index (χ0n) is 15.5. The number of rotatable bonds is 5. The van der Waals surface area contributed by atoms with Crippen LogP contribution in [-0.2, 0) is 13.0 Å². The van der Waals surface area contributed by atoms with Crippen molar-refractivity contribution in [3.05, 3.63) is 23.2 Å². The van der Waals surface area contributed by atoms with Crippen LogP contribution in [-0.4, -0.2) is 52.6 Å². The normalized spacial score (nSPS) is 30.4. The van der Waals surface area contributed by atoms with Crippen LogP contribution in [0.3, 0.4) is 0 Å². The van der Waals surface area contributed by atoms with E-state index in [1.54, 1.807) is 4.90 Å². The van der Waals surface area contributed by atoms with Crippen molar-refractivity contribution in [1.29, 1.82) is 0 Å². The van der Waals surface area contributed by atoms with Crippen LogP contribution in [0.5, 0.6) is 0 Å². The van der Waals surface area contributed by atoms with Crippen LogP contribution in [0, 0.1) is 11.8 Å². The number of aryl methyl sites for hydroxylation is 1. The molecule has 5 heteroatoms. The minimum absolute atomic E-state index is 0.0641. The Bertz CT molecular complexity index is 645. The Kier molecular flexibility index (Phi) is 4.40. The minimum Gasteiger partial charge on any atom is -0.456 e. The predicted octanol–water partition coefficient (Wildman–Crippen LogP) is 2.67. The summed E-state index contributed by atoms with van der Waals surface area (Å²) in [7, 11) is 0. The highest BCUT2D eigenvalue weighted by molar-refractivity contribution is 5.92. The second kappa shape index (κ2) is 6.44. The first-order chi connectivity index (χ1) is 12.0. The lowest BCUT2D eigenvalue weighted by atomic mass is 9.88. The lowest BCUT2D eigenvalue weighted by molar-refractivity contribution is -0.00382. The van der Waals surface area contributed by atoms with Crippen molar-refractivity contribution in [2.24, 2.45) is 11.8 Å². The number of furan rings is 1. The molecule has 138 valence electrons. The maximum absolute atomic E-state index is 12.9. The van der Waals surface area contributed by atoms with Gasteiger partial charge in [-0.25, -0.2) is 0 Å². The molecule has 2 atom stereocenters. The molecule has 3 fully saturated rings. The molecule has 3 heterocycles. The summed E-state index contributed by atoms with van der Waals surface area (Å²) >= 11 is 0. The standard InChI is InChI=1S/C20H30N2O3/c1-3-17-15(12-21-8-4-5-9-21)10-18(25-17)19(23)22-11-14(2)20(24,13-22)16-6-7-16/h10,14,16,24H,3-9,11-13H2,1-2H3/t14-,20+/m1/s1. The van der Waals surface area contributed by atoms with Gasteiger partial charge in [0, 0.05) is 31.0 Å². The second-order valence-electron chi connectivity index (χ2n) is 8.25. The summed E-state index contributed by atoms with van der Waals surface area (Å²) in [6, 6.07) is 1.94. The lowest BCUT2D eigenvalue weighted by Crippen LogP contribution is -2.40. The zero-order valence-corrected chi connectivity index (χ0v) is 15.5. The number of likely N-dealkylation sites (tertiary alicyclic amines) is 2. The summed E-state index contributed by atoms with van der Waals surface area (Å²) in [5.74, 6) is 1.81. The molecule has 1 aliphatic carbocycles. The van der Waals surface area contributed by atoms with E-state index >= 15 is 0 Å². The number of amides is 1. The zero-order chi connectivity index (χ0) is 17.6. The van der Waals surface area contributed by atoms with E-state index in [1.807, 2.05) is 6.07 Å². The van der Waals surface area contributed by atoms with Crippen molar-refractivity contribution >= 4 is 5.91 Å². The van der Waals surface area contributed by atoms with Gasteiger partial charge in [-0.05, 0) is 50.8 Å². The SMILES string of the molecule is CCc1oc(C(=O)N2C[C@@H](C)[C@](O)(C3CC3)C2)cc1CN1CCCC1. The van der Waals surface area contributed by atoms with Crippen LogP contribution < -0.4 is 0 Å². The Morgan fingerprint density at radius 3 is 2.72 bits per heavy atom. The van der Waals surface area contributed by atoms with E-state index in [9.17, 15) is 9.90 Å². The molecule has 0 spiro atoms. The molecule has 4 rings (SSSR count). The first-order valence-corrected chi connectivity index (χ1v) is 9.87. The van der Waals surface area contributed by atoms with Gasteiger partial charge >= 0.3 is 0 Å². The first kappa shape index (κ1) is 17.1. The maximum Gasteiger partial charge on any atom is 0.289 e. The average Bonchev–Trinajstić information content (AvgIpc) is 3.06. The molecule has 0 unspecified atom stereocenters. The molecule has 0 bridgehead atoms. The molecule has 2 aliphatic heterocycles. The molecule has 1 saturated carbocycles. The fraction of sp³-hybridized carbons (Fsp3) is 0.750. The molecule has 1 aromatic heterocycles. The van der Waals surface area contributed by atoms with Crippen LogP contribution in [0.2, 0.25) is 0 Å². The molecule has 3 aliphatic rings. The van der Waals surface area contributed by atoms with E-state index in [0.717, 1.165) is 50.2 Å². The summed E-state index contributed by atoms with van der Waals surface area (Å²) in [4.78, 5) is 17.2. The van der Waals surface area contributed by atoms with Crippen LogP contribution in [0.1, 0.15) is 61.4 Å². The van der Waals surface area contributed by atoms with Gasteiger partial charge in [-0.15, -0.1) is 0 Å². The lowest BCUT2D eigenvalue weighted by Gasteiger charge is -2.26. The highest BCUT2D eigenvalue weighted by atomic mass is 16.4. The molecule has 0 aromatic carbocycles. The molecule has 5 nitrogen and oxygen atoms in total. The minimum atomic E-state index is -0.700. The van der Waals surface area contributed by atoms with E-state index < -0.39 is 5.60 Å². The van der Waals surface area contributed by atoms with E-state index in [4.69, 9.17) is 4.42 Å². The largest absolute Gasteiger partial charge is 0.456 e. The van der Waals surface area contributed by atoms with Gasteiger partial charge in [0.1, 0.15) is 5.76 Å². The molecule has 1 amide bonds. The average molecular weight is 346 g/mol. The highest BCUT2D eigenvalue weighted by Crippen LogP contribution is 2.47. The smallest absolute Gasteiger partial charge is 0.289 e. The van der Waals surface area contributed by atoms with Gasteiger partial charge in [0.15, 0.2) is 5.76 Å². The summed E-state index contributed by atoms with van der Waals surface area (Å²) < 4.78 is 5.93. The van der Waals surface area contributed by atoms with E-state index in [2.05, 4.69) is 18.7 Å². The fourth-order valence-electron chi connectivity index (χ4n) is 4.63. The number of carbonyl (C=O) groups excluding carboxylic acids is 1. The summed E-state index contributed by atoms with van der Waals surface area (Å²) in [5.41, 5.74) is 0.450. The van der Waals surface area contributed by atoms with Crippen LogP contribution >= 0.6 is 0 Å². The summed E-state index contributed by atoms with van der Waals surface area (Å²) in [5, 5.41) is 10.9. The van der Waals surface area contributed by atoms with Crippen LogP contribution in [0.25, 0.3) is 0 Å². The maximum atomic E-state index is 12.9. The molecule has 2 saturated heterocycles. The third-order valence-electron chi connectivity index (χ3n) is 6.38. The van der Waals surface area contributed by atoms with Crippen molar-refractivity contribution in [2.45, 2.75) is 58.1 Å². The number of aliphatic hydroxyl groups is 1. The molecule has 0 radical (unpaired) electrons. The monoisotopic (exact) mass is 346 g/mol. The predicted molar refractivity (Wildman–Crippen MR) is 95.3 cm³/mol. The van der Waals surface area contributed by atoms with Crippen molar-refractivity contribution < 1.29 is 14.3 Å². The Morgan fingerprint density at radius 1 is 1.36 bits per heavy atom. The quantitative estimate of drug-likeness (QED) is 0.890. The van der Waals surface area contributed by atoms with Crippen molar-refractivity contribution in [1.82, 2.24) is 9.80 Å². The number of hydrogen-bond acceptors (Lipinski definition) is 4. The van der Waals surface area contributed by atoms with Gasteiger partial charge in [0.05, 0.1) is 12.1 Å². The number of carbonyl (C=O) groups is 1. The topological polar surface area (TPSA) is 56.9 Å². The van der Waals surface area contributed by atoms with E-state index in [0.29, 0.717) is 24.8 Å². The molecular formula is C20H30N2O3. The summed E-state index contributed by atoms with van der Waals surface area (Å²) in [6.07, 6.45) is 5.50.